The van der Waals surface area contributed by atoms with Crippen LogP contribution in [0.15, 0.2) is 18.5 Å². The van der Waals surface area contributed by atoms with Gasteiger partial charge in [0.05, 0.1) is 11.2 Å². The molecule has 28 heavy (non-hydrogen) atoms. The summed E-state index contributed by atoms with van der Waals surface area (Å²) in [4.78, 5) is 29.1. The molecule has 0 spiro atoms. The Hall–Kier alpha value is -2.41. The molecule has 7 nitrogen and oxygen atoms in total. The molecule has 0 bridgehead atoms. The van der Waals surface area contributed by atoms with Crippen LogP contribution >= 0.6 is 11.6 Å². The Kier molecular flexibility index (Phi) is 5.10. The lowest BCUT2D eigenvalue weighted by atomic mass is 9.80. The van der Waals surface area contributed by atoms with Crippen LogP contribution in [0.3, 0.4) is 0 Å². The number of amides is 2. The van der Waals surface area contributed by atoms with Gasteiger partial charge in [0.15, 0.2) is 0 Å². The van der Waals surface area contributed by atoms with Crippen LogP contribution < -0.4 is 10.6 Å². The number of anilines is 1. The SMILES string of the molecule is CC(=O)NC1(C(=O)Nc2cc(-c3cnn4c3CCC4)c(Cl)cn2)CCCCC1. The maximum atomic E-state index is 13.1. The second-order valence-corrected chi connectivity index (χ2v) is 8.07. The monoisotopic (exact) mass is 401 g/mol. The van der Waals surface area contributed by atoms with Gasteiger partial charge in [0.1, 0.15) is 11.4 Å². The van der Waals surface area contributed by atoms with E-state index >= 15 is 0 Å². The number of hydrogen-bond donors (Lipinski definition) is 2. The van der Waals surface area contributed by atoms with E-state index in [1.54, 1.807) is 12.3 Å². The number of aromatic nitrogens is 3. The first-order valence-electron chi connectivity index (χ1n) is 9.79. The van der Waals surface area contributed by atoms with Crippen molar-refractivity contribution in [2.45, 2.75) is 64.0 Å². The number of aryl methyl sites for hydroxylation is 1. The van der Waals surface area contributed by atoms with E-state index in [4.69, 9.17) is 11.6 Å². The van der Waals surface area contributed by atoms with Gasteiger partial charge < -0.3 is 10.6 Å². The normalized spacial score (nSPS) is 17.8. The van der Waals surface area contributed by atoms with Gasteiger partial charge in [0.25, 0.3) is 5.91 Å². The zero-order valence-corrected chi connectivity index (χ0v) is 16.7. The maximum Gasteiger partial charge on any atom is 0.251 e. The van der Waals surface area contributed by atoms with E-state index < -0.39 is 5.54 Å². The highest BCUT2D eigenvalue weighted by Crippen LogP contribution is 2.35. The molecule has 148 valence electrons. The topological polar surface area (TPSA) is 88.9 Å². The summed E-state index contributed by atoms with van der Waals surface area (Å²) in [6, 6.07) is 1.79. The fourth-order valence-corrected chi connectivity index (χ4v) is 4.54. The first-order chi connectivity index (χ1) is 13.5. The minimum atomic E-state index is -0.871. The Balaban J connectivity index is 1.61. The van der Waals surface area contributed by atoms with Crippen molar-refractivity contribution in [3.05, 3.63) is 29.2 Å². The smallest absolute Gasteiger partial charge is 0.251 e. The van der Waals surface area contributed by atoms with Crippen molar-refractivity contribution in [3.63, 3.8) is 0 Å². The van der Waals surface area contributed by atoms with Crippen molar-refractivity contribution in [1.29, 1.82) is 0 Å². The third-order valence-electron chi connectivity index (χ3n) is 5.68. The summed E-state index contributed by atoms with van der Waals surface area (Å²) < 4.78 is 2.00. The third kappa shape index (κ3) is 3.51. The fourth-order valence-electron chi connectivity index (χ4n) is 4.34. The van der Waals surface area contributed by atoms with Gasteiger partial charge in [-0.3, -0.25) is 14.3 Å². The highest BCUT2D eigenvalue weighted by Gasteiger charge is 2.40. The number of halogens is 1. The van der Waals surface area contributed by atoms with Gasteiger partial charge in [-0.25, -0.2) is 4.98 Å². The Morgan fingerprint density at radius 2 is 1.93 bits per heavy atom. The number of pyridine rings is 1. The van der Waals surface area contributed by atoms with E-state index in [0.29, 0.717) is 23.7 Å². The summed E-state index contributed by atoms with van der Waals surface area (Å²) >= 11 is 6.40. The average Bonchev–Trinajstić information content (AvgIpc) is 3.27. The molecular formula is C20H24ClN5O2. The van der Waals surface area contributed by atoms with Gasteiger partial charge >= 0.3 is 0 Å². The molecule has 4 rings (SSSR count). The van der Waals surface area contributed by atoms with E-state index in [2.05, 4.69) is 20.7 Å². The molecule has 0 unspecified atom stereocenters. The zero-order chi connectivity index (χ0) is 19.7. The summed E-state index contributed by atoms with van der Waals surface area (Å²) in [7, 11) is 0. The number of hydrogen-bond acceptors (Lipinski definition) is 4. The van der Waals surface area contributed by atoms with E-state index in [1.165, 1.54) is 6.92 Å². The van der Waals surface area contributed by atoms with Crippen molar-refractivity contribution < 1.29 is 9.59 Å². The first kappa shape index (κ1) is 18.9. The maximum absolute atomic E-state index is 13.1. The van der Waals surface area contributed by atoms with Gasteiger partial charge in [-0.05, 0) is 31.7 Å². The second kappa shape index (κ2) is 7.54. The molecule has 3 heterocycles. The summed E-state index contributed by atoms with van der Waals surface area (Å²) in [5, 5.41) is 10.7. The Labute approximate surface area is 168 Å². The molecule has 0 aromatic carbocycles. The van der Waals surface area contributed by atoms with Crippen molar-refractivity contribution in [1.82, 2.24) is 20.1 Å². The minimum absolute atomic E-state index is 0.197. The van der Waals surface area contributed by atoms with Crippen molar-refractivity contribution >= 4 is 29.2 Å². The van der Waals surface area contributed by atoms with Gasteiger partial charge in [-0.1, -0.05) is 30.9 Å². The van der Waals surface area contributed by atoms with Crippen LogP contribution in [0.2, 0.25) is 5.02 Å². The van der Waals surface area contributed by atoms with Crippen LogP contribution in [0, 0.1) is 0 Å². The van der Waals surface area contributed by atoms with Gasteiger partial charge in [-0.15, -0.1) is 0 Å². The van der Waals surface area contributed by atoms with Crippen LogP contribution in [0.25, 0.3) is 11.1 Å². The number of nitrogens with zero attached hydrogens (tertiary/aromatic N) is 3. The van der Waals surface area contributed by atoms with Gasteiger partial charge in [-0.2, -0.15) is 5.10 Å². The van der Waals surface area contributed by atoms with Crippen molar-refractivity contribution in [2.75, 3.05) is 5.32 Å². The van der Waals surface area contributed by atoms with Crippen LogP contribution in [-0.2, 0) is 22.6 Å². The predicted molar refractivity (Wildman–Crippen MR) is 107 cm³/mol. The van der Waals surface area contributed by atoms with Crippen LogP contribution in [0.1, 0.15) is 51.1 Å². The highest BCUT2D eigenvalue weighted by atomic mass is 35.5. The molecule has 2 aromatic heterocycles. The molecule has 2 amide bonds. The number of rotatable bonds is 4. The largest absolute Gasteiger partial charge is 0.342 e. The molecule has 1 aliphatic heterocycles. The van der Waals surface area contributed by atoms with Gasteiger partial charge in [0.2, 0.25) is 5.91 Å². The molecule has 0 radical (unpaired) electrons. The molecule has 1 fully saturated rings. The quantitative estimate of drug-likeness (QED) is 0.822. The van der Waals surface area contributed by atoms with E-state index in [-0.39, 0.29) is 11.8 Å². The molecular weight excluding hydrogens is 378 g/mol. The zero-order valence-electron chi connectivity index (χ0n) is 15.9. The molecule has 2 aliphatic rings. The van der Waals surface area contributed by atoms with Crippen LogP contribution in [-0.4, -0.2) is 32.1 Å². The Morgan fingerprint density at radius 3 is 2.68 bits per heavy atom. The number of carbonyl (C=O) groups is 2. The minimum Gasteiger partial charge on any atom is -0.342 e. The second-order valence-electron chi connectivity index (χ2n) is 7.66. The van der Waals surface area contributed by atoms with E-state index in [0.717, 1.165) is 55.5 Å². The molecule has 8 heteroatoms. The average molecular weight is 402 g/mol. The lowest BCUT2D eigenvalue weighted by Crippen LogP contribution is -2.57. The molecule has 1 saturated carbocycles. The summed E-state index contributed by atoms with van der Waals surface area (Å²) in [6.07, 6.45) is 9.57. The molecule has 0 saturated heterocycles. The van der Waals surface area contributed by atoms with Crippen molar-refractivity contribution in [2.24, 2.45) is 0 Å². The summed E-state index contributed by atoms with van der Waals surface area (Å²) in [6.45, 7) is 2.36. The summed E-state index contributed by atoms with van der Waals surface area (Å²) in [5.41, 5.74) is 2.08. The fraction of sp³-hybridized carbons (Fsp3) is 0.500. The van der Waals surface area contributed by atoms with Crippen molar-refractivity contribution in [3.8, 4) is 11.1 Å². The lowest BCUT2D eigenvalue weighted by Gasteiger charge is -2.36. The Bertz CT molecular complexity index is 917. The predicted octanol–water partition coefficient (Wildman–Crippen LogP) is 3.32. The van der Waals surface area contributed by atoms with Crippen LogP contribution in [0.4, 0.5) is 5.82 Å². The van der Waals surface area contributed by atoms with E-state index in [1.807, 2.05) is 10.9 Å². The van der Waals surface area contributed by atoms with E-state index in [9.17, 15) is 9.59 Å². The molecule has 2 N–H and O–H groups in total. The lowest BCUT2D eigenvalue weighted by molar-refractivity contribution is -0.130. The number of nitrogens with one attached hydrogen (secondary N) is 2. The molecule has 1 aliphatic carbocycles. The van der Waals surface area contributed by atoms with Gasteiger partial charge in [0, 0.05) is 36.5 Å². The first-order valence-corrected chi connectivity index (χ1v) is 10.2. The highest BCUT2D eigenvalue weighted by molar-refractivity contribution is 6.33. The Morgan fingerprint density at radius 1 is 1.14 bits per heavy atom. The number of carbonyl (C=O) groups excluding carboxylic acids is 2. The molecule has 0 atom stereocenters. The summed E-state index contributed by atoms with van der Waals surface area (Å²) in [5.74, 6) is 0.0123. The van der Waals surface area contributed by atoms with Crippen LogP contribution in [0.5, 0.6) is 0 Å². The number of fused-ring (bicyclic) bond motifs is 1. The third-order valence-corrected chi connectivity index (χ3v) is 5.98. The standard InChI is InChI=1S/C20H24ClN5O2/c1-13(27)25-20(7-3-2-4-8-20)19(28)24-18-10-14(16(21)12-22-18)15-11-23-26-9-5-6-17(15)26/h10-12H,2-9H2,1H3,(H,25,27)(H,22,24,28). The molecule has 2 aromatic rings.